The number of methoxy groups -OCH3 is 2. The molecule has 0 bridgehead atoms. The maximum Gasteiger partial charge on any atom is 0.272 e. The second-order valence-corrected chi connectivity index (χ2v) is 8.87. The van der Waals surface area contributed by atoms with Crippen molar-refractivity contribution in [1.82, 2.24) is 14.7 Å². The Bertz CT molecular complexity index is 1320. The van der Waals surface area contributed by atoms with Crippen LogP contribution in [0.4, 0.5) is 5.69 Å². The van der Waals surface area contributed by atoms with Crippen LogP contribution in [0.15, 0.2) is 78.9 Å². The minimum absolute atomic E-state index is 0.0165. The van der Waals surface area contributed by atoms with E-state index in [9.17, 15) is 4.79 Å². The van der Waals surface area contributed by atoms with Gasteiger partial charge >= 0.3 is 0 Å². The van der Waals surface area contributed by atoms with E-state index in [1.807, 2.05) is 78.6 Å². The van der Waals surface area contributed by atoms with E-state index in [4.69, 9.17) is 14.6 Å². The van der Waals surface area contributed by atoms with Crippen LogP contribution in [0, 0.1) is 6.92 Å². The quantitative estimate of drug-likeness (QED) is 0.394. The van der Waals surface area contributed by atoms with Crippen molar-refractivity contribution in [3.05, 3.63) is 90.1 Å². The number of rotatable bonds is 6. The fraction of sp³-hybridized carbons (Fsp3) is 0.241. The molecule has 1 aliphatic rings. The summed E-state index contributed by atoms with van der Waals surface area (Å²) in [5.41, 5.74) is 5.39. The fourth-order valence-corrected chi connectivity index (χ4v) is 4.44. The molecular weight excluding hydrogens is 452 g/mol. The average molecular weight is 483 g/mol. The molecule has 0 atom stereocenters. The first-order chi connectivity index (χ1) is 17.6. The summed E-state index contributed by atoms with van der Waals surface area (Å²) in [4.78, 5) is 18.0. The van der Waals surface area contributed by atoms with Crippen molar-refractivity contribution in [2.45, 2.75) is 6.92 Å². The lowest BCUT2D eigenvalue weighted by Gasteiger charge is -2.36. The van der Waals surface area contributed by atoms with Crippen LogP contribution in [0.5, 0.6) is 11.5 Å². The predicted molar refractivity (Wildman–Crippen MR) is 141 cm³/mol. The molecule has 2 heterocycles. The van der Waals surface area contributed by atoms with Crippen LogP contribution >= 0.6 is 0 Å². The van der Waals surface area contributed by atoms with Crippen LogP contribution in [-0.2, 0) is 0 Å². The van der Waals surface area contributed by atoms with E-state index in [1.165, 1.54) is 0 Å². The first-order valence-corrected chi connectivity index (χ1v) is 12.1. The van der Waals surface area contributed by atoms with Gasteiger partial charge in [-0.15, -0.1) is 0 Å². The van der Waals surface area contributed by atoms with Gasteiger partial charge in [0.15, 0.2) is 0 Å². The Labute approximate surface area is 211 Å². The maximum absolute atomic E-state index is 13.7. The molecular formula is C29H30N4O3. The number of carbonyl (C=O) groups is 1. The lowest BCUT2D eigenvalue weighted by Crippen LogP contribution is -2.49. The summed E-state index contributed by atoms with van der Waals surface area (Å²) < 4.78 is 12.3. The number of anilines is 1. The van der Waals surface area contributed by atoms with Crippen molar-refractivity contribution in [1.29, 1.82) is 0 Å². The van der Waals surface area contributed by atoms with E-state index in [1.54, 1.807) is 18.9 Å². The van der Waals surface area contributed by atoms with Gasteiger partial charge in [-0.25, -0.2) is 4.68 Å². The van der Waals surface area contributed by atoms with Gasteiger partial charge in [0.2, 0.25) is 0 Å². The van der Waals surface area contributed by atoms with Crippen LogP contribution in [0.2, 0.25) is 0 Å². The second-order valence-electron chi connectivity index (χ2n) is 8.87. The molecule has 0 saturated carbocycles. The molecule has 7 nitrogen and oxygen atoms in total. The van der Waals surface area contributed by atoms with Gasteiger partial charge in [0.25, 0.3) is 5.91 Å². The molecule has 0 N–H and O–H groups in total. The minimum Gasteiger partial charge on any atom is -0.497 e. The van der Waals surface area contributed by atoms with E-state index >= 15 is 0 Å². The summed E-state index contributed by atoms with van der Waals surface area (Å²) in [7, 11) is 3.31. The van der Waals surface area contributed by atoms with Crippen molar-refractivity contribution in [3.63, 3.8) is 0 Å². The third-order valence-electron chi connectivity index (χ3n) is 6.60. The van der Waals surface area contributed by atoms with Gasteiger partial charge in [0.1, 0.15) is 17.2 Å². The van der Waals surface area contributed by atoms with Gasteiger partial charge < -0.3 is 19.3 Å². The summed E-state index contributed by atoms with van der Waals surface area (Å²) in [6.45, 7) is 4.86. The number of benzene rings is 3. The smallest absolute Gasteiger partial charge is 0.272 e. The van der Waals surface area contributed by atoms with Crippen molar-refractivity contribution in [2.75, 3.05) is 45.3 Å². The molecule has 1 saturated heterocycles. The first kappa shape index (κ1) is 23.5. The Balaban J connectivity index is 1.40. The number of aromatic nitrogens is 2. The van der Waals surface area contributed by atoms with Gasteiger partial charge in [-0.1, -0.05) is 17.7 Å². The van der Waals surface area contributed by atoms with Gasteiger partial charge in [-0.3, -0.25) is 4.79 Å². The van der Waals surface area contributed by atoms with E-state index in [0.717, 1.165) is 52.8 Å². The lowest BCUT2D eigenvalue weighted by atomic mass is 10.1. The lowest BCUT2D eigenvalue weighted by molar-refractivity contribution is 0.0737. The molecule has 0 aliphatic carbocycles. The zero-order valence-electron chi connectivity index (χ0n) is 20.8. The molecule has 5 rings (SSSR count). The third kappa shape index (κ3) is 4.77. The molecule has 1 aromatic heterocycles. The number of carbonyl (C=O) groups excluding carboxylic acids is 1. The number of hydrogen-bond acceptors (Lipinski definition) is 5. The van der Waals surface area contributed by atoms with Crippen LogP contribution in [0.1, 0.15) is 16.1 Å². The van der Waals surface area contributed by atoms with E-state index < -0.39 is 0 Å². The third-order valence-corrected chi connectivity index (χ3v) is 6.60. The van der Waals surface area contributed by atoms with Gasteiger partial charge in [0, 0.05) is 37.4 Å². The van der Waals surface area contributed by atoms with Crippen molar-refractivity contribution in [3.8, 4) is 28.4 Å². The molecule has 36 heavy (non-hydrogen) atoms. The van der Waals surface area contributed by atoms with Gasteiger partial charge in [0.05, 0.1) is 25.6 Å². The predicted octanol–water partition coefficient (Wildman–Crippen LogP) is 4.83. The molecule has 1 aliphatic heterocycles. The van der Waals surface area contributed by atoms with Crippen LogP contribution in [0.25, 0.3) is 16.9 Å². The Morgan fingerprint density at radius 1 is 0.750 bits per heavy atom. The Kier molecular flexibility index (Phi) is 6.62. The SMILES string of the molecule is COc1ccc(-c2cc(C(=O)N3CCN(c4ccc(OC)cc4)CC3)n(-c3ccc(C)cc3)n2)cc1. The minimum atomic E-state index is -0.0165. The normalized spacial score (nSPS) is 13.5. The number of ether oxygens (including phenoxy) is 2. The first-order valence-electron chi connectivity index (χ1n) is 12.1. The number of piperazine rings is 1. The number of hydrogen-bond donors (Lipinski definition) is 0. The Morgan fingerprint density at radius 3 is 1.89 bits per heavy atom. The highest BCUT2D eigenvalue weighted by atomic mass is 16.5. The molecule has 0 unspecified atom stereocenters. The molecule has 1 fully saturated rings. The summed E-state index contributed by atoms with van der Waals surface area (Å²) >= 11 is 0. The zero-order valence-corrected chi connectivity index (χ0v) is 20.8. The van der Waals surface area contributed by atoms with Crippen LogP contribution < -0.4 is 14.4 Å². The number of nitrogens with zero attached hydrogens (tertiary/aromatic N) is 4. The van der Waals surface area contributed by atoms with Crippen LogP contribution in [-0.4, -0.2) is 61.0 Å². The largest absolute Gasteiger partial charge is 0.497 e. The number of amides is 1. The van der Waals surface area contributed by atoms with Gasteiger partial charge in [-0.05, 0) is 73.7 Å². The molecule has 0 spiro atoms. The second kappa shape index (κ2) is 10.2. The highest BCUT2D eigenvalue weighted by Gasteiger charge is 2.26. The molecule has 184 valence electrons. The standard InChI is InChI=1S/C29H30N4O3/c1-21-4-8-24(9-5-21)33-28(20-27(30-33)22-6-12-25(35-2)13-7-22)29(34)32-18-16-31(17-19-32)23-10-14-26(36-3)15-11-23/h4-15,20H,16-19H2,1-3H3. The van der Waals surface area contributed by atoms with Crippen molar-refractivity contribution in [2.24, 2.45) is 0 Å². The van der Waals surface area contributed by atoms with Crippen molar-refractivity contribution < 1.29 is 14.3 Å². The van der Waals surface area contributed by atoms with Crippen molar-refractivity contribution >= 4 is 11.6 Å². The van der Waals surface area contributed by atoms with Gasteiger partial charge in [-0.2, -0.15) is 5.10 Å². The summed E-state index contributed by atoms with van der Waals surface area (Å²) in [5, 5.41) is 4.84. The molecule has 7 heteroatoms. The maximum atomic E-state index is 13.7. The zero-order chi connectivity index (χ0) is 25.1. The highest BCUT2D eigenvalue weighted by molar-refractivity contribution is 5.94. The average Bonchev–Trinajstić information content (AvgIpc) is 3.39. The molecule has 4 aromatic rings. The van der Waals surface area contributed by atoms with E-state index in [2.05, 4.69) is 17.0 Å². The topological polar surface area (TPSA) is 59.8 Å². The van der Waals surface area contributed by atoms with E-state index in [-0.39, 0.29) is 5.91 Å². The Hall–Kier alpha value is -4.26. The summed E-state index contributed by atoms with van der Waals surface area (Å²) in [6.07, 6.45) is 0. The van der Waals surface area contributed by atoms with Crippen LogP contribution in [0.3, 0.4) is 0 Å². The van der Waals surface area contributed by atoms with E-state index in [0.29, 0.717) is 18.8 Å². The highest BCUT2D eigenvalue weighted by Crippen LogP contribution is 2.26. The molecule has 1 amide bonds. The summed E-state index contributed by atoms with van der Waals surface area (Å²) in [6, 6.07) is 25.7. The molecule has 0 radical (unpaired) electrons. The molecule has 3 aromatic carbocycles. The Morgan fingerprint density at radius 2 is 1.31 bits per heavy atom. The number of aryl methyl sites for hydroxylation is 1. The fourth-order valence-electron chi connectivity index (χ4n) is 4.44. The summed E-state index contributed by atoms with van der Waals surface area (Å²) in [5.74, 6) is 1.60. The monoisotopic (exact) mass is 482 g/mol.